The molecule has 0 amide bonds. The number of nitrogens with zero attached hydrogens (tertiary/aromatic N) is 18. The number of aryl methyl sites for hydroxylation is 19. The number of aromatic nitrogens is 16. The highest BCUT2D eigenvalue weighted by molar-refractivity contribution is 6.29. The molecule has 0 saturated carbocycles. The fourth-order valence-electron chi connectivity index (χ4n) is 7.64. The maximum atomic E-state index is 4.18. The summed E-state index contributed by atoms with van der Waals surface area (Å²) in [6, 6.07) is 46.6. The fourth-order valence-corrected chi connectivity index (χ4v) is 7.64. The molecule has 0 radical (unpaired) electrons. The van der Waals surface area contributed by atoms with Crippen molar-refractivity contribution in [2.24, 2.45) is 9.98 Å². The Labute approximate surface area is 588 Å². The normalized spacial score (nSPS) is 11.0. The molecule has 99 heavy (non-hydrogen) atoms. The van der Waals surface area contributed by atoms with E-state index in [9.17, 15) is 0 Å². The quantitative estimate of drug-likeness (QED) is 0.157. The molecule has 0 spiro atoms. The lowest BCUT2D eigenvalue weighted by Crippen LogP contribution is -2.12. The van der Waals surface area contributed by atoms with E-state index in [1.54, 1.807) is 49.7 Å². The zero-order valence-corrected chi connectivity index (χ0v) is 62.0. The molecule has 1 atom stereocenters. The van der Waals surface area contributed by atoms with Crippen LogP contribution in [0.25, 0.3) is 22.3 Å². The van der Waals surface area contributed by atoms with Crippen molar-refractivity contribution >= 4 is 11.9 Å². The van der Waals surface area contributed by atoms with Crippen LogP contribution in [0.5, 0.6) is 0 Å². The van der Waals surface area contributed by atoms with E-state index in [1.165, 1.54) is 67.5 Å². The molecule has 13 rings (SSSR count). The lowest BCUT2D eigenvalue weighted by Gasteiger charge is -2.06. The van der Waals surface area contributed by atoms with Gasteiger partial charge in [-0.2, -0.15) is 40.8 Å². The summed E-state index contributed by atoms with van der Waals surface area (Å²) in [5.41, 5.74) is 25.4. The Morgan fingerprint density at radius 3 is 1.16 bits per heavy atom. The lowest BCUT2D eigenvalue weighted by atomic mass is 10.0. The van der Waals surface area contributed by atoms with Gasteiger partial charge in [-0.25, -0.2) is 39.9 Å². The van der Waals surface area contributed by atoms with Crippen LogP contribution in [-0.2, 0) is 0 Å². The van der Waals surface area contributed by atoms with Crippen LogP contribution in [0.1, 0.15) is 121 Å². The minimum absolute atomic E-state index is 0.402. The summed E-state index contributed by atoms with van der Waals surface area (Å²) >= 11 is 0. The van der Waals surface area contributed by atoms with Crippen molar-refractivity contribution in [1.82, 2.24) is 80.7 Å². The molecule has 1 aliphatic rings. The average molecular weight is 1330 g/mol. The van der Waals surface area contributed by atoms with Crippen molar-refractivity contribution in [2.45, 2.75) is 151 Å². The van der Waals surface area contributed by atoms with Crippen molar-refractivity contribution in [3.63, 3.8) is 0 Å². The SMILES string of the molecule is CC1=NCC(C)N=C1.Cc1cc(C)ncn1.Cc1ccc(-c2ccc(C)cc2)cc1.Cc1ccc(-c2cccc(C)c2)cc1.Cc1ccc(C)nn1.Cc1ccnc(C)n1.Cc1ccnnc1C.Cc1cnc(C)nc1.Cc1cncnc1.Cc1cnnc(C)c1.Cc1cnncc1C. The third-order valence-corrected chi connectivity index (χ3v) is 13.6. The predicted octanol–water partition coefficient (Wildman–Crippen LogP) is 17.3. The molecule has 4 aromatic carbocycles. The zero-order chi connectivity index (χ0) is 72.9. The monoisotopic (exact) mass is 1320 g/mol. The number of aliphatic imine (C=N–C) groups is 2. The first-order valence-electron chi connectivity index (χ1n) is 32.6. The molecule has 0 fully saturated rings. The van der Waals surface area contributed by atoms with Crippen LogP contribution in [0.3, 0.4) is 0 Å². The van der Waals surface area contributed by atoms with Crippen molar-refractivity contribution in [2.75, 3.05) is 6.54 Å². The van der Waals surface area contributed by atoms with E-state index in [0.29, 0.717) is 6.04 Å². The average Bonchev–Trinajstić information content (AvgIpc) is 0.906. The molecule has 1 aliphatic heterocycles. The second-order valence-corrected chi connectivity index (χ2v) is 23.7. The van der Waals surface area contributed by atoms with Gasteiger partial charge in [0.1, 0.15) is 24.3 Å². The summed E-state index contributed by atoms with van der Waals surface area (Å²) < 4.78 is 0. The number of hydrogen-bond donors (Lipinski definition) is 0. The zero-order valence-electron chi connectivity index (χ0n) is 62.0. The Bertz CT molecular complexity index is 3850. The molecule has 0 aliphatic carbocycles. The lowest BCUT2D eigenvalue weighted by molar-refractivity contribution is 0.753. The second kappa shape index (κ2) is 46.9. The van der Waals surface area contributed by atoms with E-state index in [4.69, 9.17) is 0 Å². The summed E-state index contributed by atoms with van der Waals surface area (Å²) in [7, 11) is 0. The molecule has 18 nitrogen and oxygen atoms in total. The van der Waals surface area contributed by atoms with E-state index >= 15 is 0 Å². The van der Waals surface area contributed by atoms with Crippen LogP contribution in [0.2, 0.25) is 0 Å². The Kier molecular flexibility index (Phi) is 38.9. The molecular formula is C81H100N18. The number of hydrogen-bond acceptors (Lipinski definition) is 18. The van der Waals surface area contributed by atoms with Crippen LogP contribution >= 0.6 is 0 Å². The third kappa shape index (κ3) is 38.9. The first-order chi connectivity index (χ1) is 47.2. The van der Waals surface area contributed by atoms with E-state index < -0.39 is 0 Å². The minimum Gasteiger partial charge on any atom is -0.286 e. The summed E-state index contributed by atoms with van der Waals surface area (Å²) in [6.07, 6.45) is 20.8. The molecule has 8 aromatic heterocycles. The van der Waals surface area contributed by atoms with Gasteiger partial charge in [0.05, 0.1) is 54.0 Å². The Hall–Kier alpha value is -11.1. The Balaban J connectivity index is 0.000000286. The molecule has 0 N–H and O–H groups in total. The topological polar surface area (TPSA) is 231 Å². The largest absolute Gasteiger partial charge is 0.286 e. The minimum atomic E-state index is 0.402. The van der Waals surface area contributed by atoms with Gasteiger partial charge >= 0.3 is 0 Å². The van der Waals surface area contributed by atoms with Gasteiger partial charge < -0.3 is 0 Å². The Morgan fingerprint density at radius 2 is 0.828 bits per heavy atom. The second-order valence-electron chi connectivity index (χ2n) is 23.7. The van der Waals surface area contributed by atoms with E-state index in [2.05, 4.69) is 222 Å². The first kappa shape index (κ1) is 82.1. The fraction of sp³-hybridized carbons (Fsp3) is 0.284. The van der Waals surface area contributed by atoms with Gasteiger partial charge in [-0.05, 0) is 237 Å². The summed E-state index contributed by atoms with van der Waals surface area (Å²) in [6.45, 7) is 42.7. The summed E-state index contributed by atoms with van der Waals surface area (Å²) in [5.74, 6) is 1.67. The van der Waals surface area contributed by atoms with Gasteiger partial charge in [0.25, 0.3) is 0 Å². The highest BCUT2D eigenvalue weighted by Crippen LogP contribution is 2.21. The van der Waals surface area contributed by atoms with Crippen LogP contribution < -0.4 is 0 Å². The third-order valence-electron chi connectivity index (χ3n) is 13.6. The molecule has 12 aromatic rings. The summed E-state index contributed by atoms with van der Waals surface area (Å²) in [4.78, 5) is 39.7. The molecule has 9 heterocycles. The summed E-state index contributed by atoms with van der Waals surface area (Å²) in [5, 5.41) is 30.1. The molecule has 18 heteroatoms. The van der Waals surface area contributed by atoms with Crippen molar-refractivity contribution in [3.8, 4) is 22.3 Å². The van der Waals surface area contributed by atoms with Crippen LogP contribution in [0.4, 0.5) is 0 Å². The van der Waals surface area contributed by atoms with Crippen LogP contribution in [0, 0.1) is 132 Å². The smallest absolute Gasteiger partial charge is 0.125 e. The van der Waals surface area contributed by atoms with Gasteiger partial charge in [-0.3, -0.25) is 9.98 Å². The maximum Gasteiger partial charge on any atom is 0.125 e. The van der Waals surface area contributed by atoms with E-state index in [1.807, 2.05) is 166 Å². The molecule has 0 saturated heterocycles. The maximum absolute atomic E-state index is 4.18. The Morgan fingerprint density at radius 1 is 0.313 bits per heavy atom. The highest BCUT2D eigenvalue weighted by atomic mass is 15.1. The van der Waals surface area contributed by atoms with Crippen molar-refractivity contribution in [1.29, 1.82) is 0 Å². The number of benzene rings is 4. The van der Waals surface area contributed by atoms with Gasteiger partial charge in [0.2, 0.25) is 0 Å². The van der Waals surface area contributed by atoms with Gasteiger partial charge in [0, 0.05) is 66.2 Å². The van der Waals surface area contributed by atoms with Crippen LogP contribution in [-0.4, -0.2) is 105 Å². The predicted molar refractivity (Wildman–Crippen MR) is 406 cm³/mol. The van der Waals surface area contributed by atoms with E-state index in [-0.39, 0.29) is 0 Å². The van der Waals surface area contributed by atoms with Gasteiger partial charge in [0.15, 0.2) is 0 Å². The molecule has 514 valence electrons. The van der Waals surface area contributed by atoms with Crippen molar-refractivity contribution < 1.29 is 0 Å². The van der Waals surface area contributed by atoms with Gasteiger partial charge in [-0.1, -0.05) is 119 Å². The van der Waals surface area contributed by atoms with Gasteiger partial charge in [-0.15, -0.1) is 0 Å². The highest BCUT2D eigenvalue weighted by Gasteiger charge is 2.01. The standard InChI is InChI=1S/2C14H14.C6H10N2.7C6H8N2.C5H6N2/c1-11-3-7-13(8-4-11)14-9-5-12(2)6-10-14;1-11-6-8-13(9-7-11)14-5-3-4-12(2)10-14;1-5-3-8-6(2)4-7-5;1-5-3-7-8-4-6(5)2;1-5-3-6(2)8-4-7-5;1-5-3-7-6(2)8-4-5;1-5-3-6(2)8-7-4-5;1-5-3-4-7-6(2)8-5;1-5-3-4-7-8-6(5)2;1-5-3-4-6(2)8-7-5;1-5-2-6-4-7-3-5/h2*3-10H,1-2H3;3,6H,4H2,1-2H3;7*3-4H,1-2H3;2-4H,1H3. The molecular weight excluding hydrogens is 1230 g/mol. The van der Waals surface area contributed by atoms with Crippen LogP contribution in [0.15, 0.2) is 212 Å². The molecule has 0 bridgehead atoms. The number of rotatable bonds is 2. The first-order valence-corrected chi connectivity index (χ1v) is 32.6. The molecule has 1 unspecified atom stereocenters. The van der Waals surface area contributed by atoms with Crippen molar-refractivity contribution in [3.05, 3.63) is 309 Å². The van der Waals surface area contributed by atoms with E-state index in [0.717, 1.165) is 80.5 Å².